The monoisotopic (exact) mass is 405 g/mol. The van der Waals surface area contributed by atoms with Crippen LogP contribution in [0.2, 0.25) is 0 Å². The highest BCUT2D eigenvalue weighted by atomic mass is 16.5. The fraction of sp³-hybridized carbons (Fsp3) is 0.238. The first-order valence-corrected chi connectivity index (χ1v) is 9.67. The van der Waals surface area contributed by atoms with Gasteiger partial charge in [0.25, 0.3) is 0 Å². The van der Waals surface area contributed by atoms with Crippen LogP contribution in [0.3, 0.4) is 0 Å². The van der Waals surface area contributed by atoms with E-state index < -0.39 is 0 Å². The Morgan fingerprint density at radius 2 is 1.73 bits per heavy atom. The van der Waals surface area contributed by atoms with Crippen molar-refractivity contribution in [2.75, 3.05) is 48.8 Å². The molecule has 1 fully saturated rings. The molecular formula is C21H23N7O2. The predicted molar refractivity (Wildman–Crippen MR) is 115 cm³/mol. The molecule has 2 aromatic heterocycles. The number of carbonyl (C=O) groups is 1. The number of rotatable bonds is 5. The van der Waals surface area contributed by atoms with Crippen LogP contribution in [-0.4, -0.2) is 59.4 Å². The number of anilines is 4. The van der Waals surface area contributed by atoms with E-state index in [9.17, 15) is 4.79 Å². The van der Waals surface area contributed by atoms with E-state index >= 15 is 0 Å². The van der Waals surface area contributed by atoms with Crippen LogP contribution in [-0.2, 0) is 0 Å². The van der Waals surface area contributed by atoms with Gasteiger partial charge in [-0.2, -0.15) is 0 Å². The molecule has 1 saturated heterocycles. The van der Waals surface area contributed by atoms with Crippen molar-refractivity contribution in [2.45, 2.75) is 0 Å². The number of amides is 2. The van der Waals surface area contributed by atoms with Crippen LogP contribution in [0.25, 0.3) is 0 Å². The number of pyridine rings is 1. The molecule has 1 aromatic carbocycles. The van der Waals surface area contributed by atoms with Crippen molar-refractivity contribution in [3.63, 3.8) is 0 Å². The van der Waals surface area contributed by atoms with Crippen LogP contribution in [0.1, 0.15) is 0 Å². The quantitative estimate of drug-likeness (QED) is 0.674. The number of hydrogen-bond acceptors (Lipinski definition) is 7. The molecule has 0 saturated carbocycles. The first kappa shape index (κ1) is 19.4. The molecule has 9 nitrogen and oxygen atoms in total. The number of nitrogens with one attached hydrogen (secondary N) is 2. The zero-order valence-electron chi connectivity index (χ0n) is 16.7. The van der Waals surface area contributed by atoms with Crippen LogP contribution in [0, 0.1) is 0 Å². The average Bonchev–Trinajstić information content (AvgIpc) is 2.81. The number of aromatic nitrogens is 3. The zero-order valence-corrected chi connectivity index (χ0v) is 16.7. The summed E-state index contributed by atoms with van der Waals surface area (Å²) in [6, 6.07) is 14.8. The van der Waals surface area contributed by atoms with Gasteiger partial charge in [0.15, 0.2) is 11.6 Å². The summed E-state index contributed by atoms with van der Waals surface area (Å²) in [5, 5.41) is 14.7. The highest BCUT2D eigenvalue weighted by molar-refractivity contribution is 5.91. The molecule has 0 unspecified atom stereocenters. The van der Waals surface area contributed by atoms with Crippen molar-refractivity contribution < 1.29 is 9.53 Å². The second-order valence-corrected chi connectivity index (χ2v) is 6.74. The Kier molecular flexibility index (Phi) is 5.88. The Labute approximate surface area is 174 Å². The van der Waals surface area contributed by atoms with E-state index in [1.54, 1.807) is 24.4 Å². The summed E-state index contributed by atoms with van der Waals surface area (Å²) >= 11 is 0. The van der Waals surface area contributed by atoms with Gasteiger partial charge in [0, 0.05) is 44.3 Å². The molecule has 0 spiro atoms. The maximum Gasteiger partial charge on any atom is 0.322 e. The van der Waals surface area contributed by atoms with Crippen molar-refractivity contribution in [3.05, 3.63) is 60.9 Å². The van der Waals surface area contributed by atoms with Gasteiger partial charge in [-0.25, -0.2) is 4.79 Å². The summed E-state index contributed by atoms with van der Waals surface area (Å²) in [4.78, 5) is 20.5. The van der Waals surface area contributed by atoms with E-state index in [2.05, 4.69) is 30.7 Å². The first-order valence-electron chi connectivity index (χ1n) is 9.67. The molecule has 9 heteroatoms. The zero-order chi connectivity index (χ0) is 20.8. The summed E-state index contributed by atoms with van der Waals surface area (Å²) in [7, 11) is 1.59. The number of hydrogen-bond donors (Lipinski definition) is 2. The topological polar surface area (TPSA) is 95.5 Å². The molecule has 3 aromatic rings. The fourth-order valence-corrected chi connectivity index (χ4v) is 3.22. The van der Waals surface area contributed by atoms with Gasteiger partial charge < -0.3 is 25.2 Å². The van der Waals surface area contributed by atoms with Crippen LogP contribution < -0.4 is 20.3 Å². The Hall–Kier alpha value is -3.88. The average molecular weight is 405 g/mol. The van der Waals surface area contributed by atoms with E-state index in [0.29, 0.717) is 43.4 Å². The molecule has 0 atom stereocenters. The number of methoxy groups -OCH3 is 1. The molecule has 30 heavy (non-hydrogen) atoms. The van der Waals surface area contributed by atoms with Crippen LogP contribution in [0.5, 0.6) is 5.75 Å². The Balaban J connectivity index is 1.31. The second-order valence-electron chi connectivity index (χ2n) is 6.74. The van der Waals surface area contributed by atoms with Crippen molar-refractivity contribution in [2.24, 2.45) is 0 Å². The smallest absolute Gasteiger partial charge is 0.322 e. The standard InChI is InChI=1S/C21H23N7O2/c1-30-18-5-3-2-4-17(18)24-21(29)28-14-12-27(13-15-28)20-7-6-19(25-26-20)23-16-8-10-22-11-9-16/h2-11H,12-15H2,1H3,(H,24,29)(H,22,23,25). The summed E-state index contributed by atoms with van der Waals surface area (Å²) in [5.74, 6) is 2.10. The van der Waals surface area contributed by atoms with Crippen molar-refractivity contribution in [1.82, 2.24) is 20.1 Å². The number of piperazine rings is 1. The molecule has 2 N–H and O–H groups in total. The fourth-order valence-electron chi connectivity index (χ4n) is 3.22. The van der Waals surface area contributed by atoms with Crippen LogP contribution >= 0.6 is 0 Å². The predicted octanol–water partition coefficient (Wildman–Crippen LogP) is 2.98. The lowest BCUT2D eigenvalue weighted by molar-refractivity contribution is 0.208. The third-order valence-corrected chi connectivity index (χ3v) is 4.84. The number of carbonyl (C=O) groups excluding carboxylic acids is 1. The molecule has 0 aliphatic carbocycles. The lowest BCUT2D eigenvalue weighted by Crippen LogP contribution is -2.50. The van der Waals surface area contributed by atoms with Gasteiger partial charge >= 0.3 is 6.03 Å². The van der Waals surface area contributed by atoms with Gasteiger partial charge in [-0.15, -0.1) is 10.2 Å². The molecular weight excluding hydrogens is 382 g/mol. The van der Waals surface area contributed by atoms with Crippen molar-refractivity contribution in [1.29, 1.82) is 0 Å². The second kappa shape index (κ2) is 9.08. The largest absolute Gasteiger partial charge is 0.495 e. The van der Waals surface area contributed by atoms with Crippen molar-refractivity contribution >= 4 is 29.0 Å². The van der Waals surface area contributed by atoms with Gasteiger partial charge in [0.05, 0.1) is 12.8 Å². The molecule has 0 radical (unpaired) electrons. The molecule has 3 heterocycles. The molecule has 0 bridgehead atoms. The lowest BCUT2D eigenvalue weighted by atomic mass is 10.3. The molecule has 4 rings (SSSR count). The SMILES string of the molecule is COc1ccccc1NC(=O)N1CCN(c2ccc(Nc3ccncc3)nn2)CC1. The number of benzene rings is 1. The van der Waals surface area contributed by atoms with E-state index in [4.69, 9.17) is 4.74 Å². The van der Waals surface area contributed by atoms with Crippen LogP contribution in [0.15, 0.2) is 60.9 Å². The van der Waals surface area contributed by atoms with E-state index in [1.807, 2.05) is 48.5 Å². The normalized spacial score (nSPS) is 13.6. The number of para-hydroxylation sites is 2. The number of ether oxygens (including phenoxy) is 1. The molecule has 1 aliphatic rings. The highest BCUT2D eigenvalue weighted by Crippen LogP contribution is 2.24. The van der Waals surface area contributed by atoms with Gasteiger partial charge in [0.2, 0.25) is 0 Å². The summed E-state index contributed by atoms with van der Waals surface area (Å²) in [6.45, 7) is 2.57. The van der Waals surface area contributed by atoms with E-state index in [0.717, 1.165) is 11.5 Å². The van der Waals surface area contributed by atoms with Crippen molar-refractivity contribution in [3.8, 4) is 5.75 Å². The molecule has 154 valence electrons. The maximum absolute atomic E-state index is 12.6. The summed E-state index contributed by atoms with van der Waals surface area (Å²) in [6.07, 6.45) is 3.43. The Morgan fingerprint density at radius 3 is 2.43 bits per heavy atom. The number of nitrogens with zero attached hydrogens (tertiary/aromatic N) is 5. The Morgan fingerprint density at radius 1 is 0.967 bits per heavy atom. The van der Waals surface area contributed by atoms with Gasteiger partial charge in [-0.05, 0) is 36.4 Å². The van der Waals surface area contributed by atoms with Gasteiger partial charge in [0.1, 0.15) is 5.75 Å². The minimum Gasteiger partial charge on any atom is -0.495 e. The number of urea groups is 1. The van der Waals surface area contributed by atoms with Crippen LogP contribution in [0.4, 0.5) is 27.8 Å². The molecule has 2 amide bonds. The first-order chi connectivity index (χ1) is 14.7. The minimum absolute atomic E-state index is 0.137. The Bertz CT molecular complexity index is 974. The minimum atomic E-state index is -0.137. The van der Waals surface area contributed by atoms with E-state index in [-0.39, 0.29) is 6.03 Å². The lowest BCUT2D eigenvalue weighted by Gasteiger charge is -2.35. The third-order valence-electron chi connectivity index (χ3n) is 4.84. The summed E-state index contributed by atoms with van der Waals surface area (Å²) in [5.41, 5.74) is 1.57. The van der Waals surface area contributed by atoms with E-state index in [1.165, 1.54) is 0 Å². The molecule has 1 aliphatic heterocycles. The summed E-state index contributed by atoms with van der Waals surface area (Å²) < 4.78 is 5.29. The highest BCUT2D eigenvalue weighted by Gasteiger charge is 2.22. The third kappa shape index (κ3) is 4.57. The van der Waals surface area contributed by atoms with Gasteiger partial charge in [-0.1, -0.05) is 12.1 Å². The maximum atomic E-state index is 12.6. The van der Waals surface area contributed by atoms with Gasteiger partial charge in [-0.3, -0.25) is 4.98 Å².